The molecule has 0 amide bonds. The Hall–Kier alpha value is -2.10. The molecule has 0 atom stereocenters. The van der Waals surface area contributed by atoms with Crippen molar-refractivity contribution in [2.75, 3.05) is 0 Å². The van der Waals surface area contributed by atoms with Crippen LogP contribution in [0.25, 0.3) is 10.2 Å². The molecular weight excluding hydrogens is 405 g/mol. The van der Waals surface area contributed by atoms with Crippen LogP contribution >= 0.6 is 11.3 Å². The third-order valence-electron chi connectivity index (χ3n) is 4.96. The van der Waals surface area contributed by atoms with Crippen molar-refractivity contribution in [3.05, 3.63) is 31.3 Å². The maximum atomic E-state index is 13.1. The minimum atomic E-state index is -4.40. The number of rotatable bonds is 5. The van der Waals surface area contributed by atoms with E-state index in [2.05, 4.69) is 10.5 Å². The Morgan fingerprint density at radius 2 is 1.86 bits per heavy atom. The van der Waals surface area contributed by atoms with Crippen LogP contribution in [-0.2, 0) is 12.1 Å². The van der Waals surface area contributed by atoms with Crippen molar-refractivity contribution in [1.29, 1.82) is 0 Å². The molecule has 1 aliphatic carbocycles. The van der Waals surface area contributed by atoms with Gasteiger partial charge in [0, 0.05) is 12.1 Å². The zero-order chi connectivity index (χ0) is 21.8. The fourth-order valence-corrected chi connectivity index (χ4v) is 4.28. The zero-order valence-corrected chi connectivity index (χ0v) is 17.9. The number of aryl methyl sites for hydroxylation is 2. The predicted molar refractivity (Wildman–Crippen MR) is 109 cm³/mol. The molecule has 2 heterocycles. The first-order valence-electron chi connectivity index (χ1n) is 9.40. The molecule has 0 unspecified atom stereocenters. The molecule has 29 heavy (non-hydrogen) atoms. The number of hydrogen-bond acceptors (Lipinski definition) is 5. The molecule has 1 aliphatic rings. The molecule has 0 aromatic carbocycles. The van der Waals surface area contributed by atoms with E-state index in [1.165, 1.54) is 0 Å². The van der Waals surface area contributed by atoms with E-state index in [1.54, 1.807) is 20.1 Å². The first-order valence-corrected chi connectivity index (χ1v) is 10.2. The Bertz CT molecular complexity index is 1080. The van der Waals surface area contributed by atoms with E-state index in [1.807, 2.05) is 20.8 Å². The molecule has 6 nitrogen and oxygen atoms in total. The average Bonchev–Trinajstić information content (AvgIpc) is 3.20. The summed E-state index contributed by atoms with van der Waals surface area (Å²) in [5, 5.41) is 4.47. The molecule has 1 saturated carbocycles. The molecule has 10 heteroatoms. The normalized spacial score (nSPS) is 16.7. The highest BCUT2D eigenvalue weighted by Crippen LogP contribution is 2.41. The van der Waals surface area contributed by atoms with Gasteiger partial charge in [-0.2, -0.15) is 18.3 Å². The summed E-state index contributed by atoms with van der Waals surface area (Å²) in [4.78, 5) is 27.0. The summed E-state index contributed by atoms with van der Waals surface area (Å²) in [5.41, 5.74) is 1.56. The Labute approximate surface area is 170 Å². The van der Waals surface area contributed by atoms with E-state index in [9.17, 15) is 22.8 Å². The number of nitrogens with one attached hydrogen (secondary N) is 1. The summed E-state index contributed by atoms with van der Waals surface area (Å²) in [6.07, 6.45) is -2.68. The Balaban J connectivity index is 2.20. The minimum absolute atomic E-state index is 0.261. The lowest BCUT2D eigenvalue weighted by molar-refractivity contribution is -0.136. The van der Waals surface area contributed by atoms with Gasteiger partial charge in [-0.25, -0.2) is 4.79 Å². The van der Waals surface area contributed by atoms with Crippen LogP contribution in [0.4, 0.5) is 13.2 Å². The van der Waals surface area contributed by atoms with Crippen molar-refractivity contribution < 1.29 is 13.2 Å². The van der Waals surface area contributed by atoms with E-state index in [0.717, 1.165) is 20.5 Å². The molecular formula is C19H25F3N4O2S. The number of fused-ring (bicyclic) bond motifs is 1. The van der Waals surface area contributed by atoms with Crippen LogP contribution < -0.4 is 16.7 Å². The highest BCUT2D eigenvalue weighted by molar-refractivity contribution is 7.20. The molecule has 0 saturated heterocycles. The Morgan fingerprint density at radius 1 is 1.24 bits per heavy atom. The van der Waals surface area contributed by atoms with Gasteiger partial charge in [-0.1, -0.05) is 0 Å². The number of halogens is 3. The van der Waals surface area contributed by atoms with Gasteiger partial charge in [-0.15, -0.1) is 11.3 Å². The van der Waals surface area contributed by atoms with Crippen molar-refractivity contribution in [2.45, 2.75) is 77.7 Å². The summed E-state index contributed by atoms with van der Waals surface area (Å²) in [5.74, 6) is 0. The smallest absolute Gasteiger partial charge is 0.305 e. The van der Waals surface area contributed by atoms with E-state index in [4.69, 9.17) is 0 Å². The summed E-state index contributed by atoms with van der Waals surface area (Å²) < 4.78 is 40.8. The van der Waals surface area contributed by atoms with Crippen LogP contribution in [0.3, 0.4) is 0 Å². The highest BCUT2D eigenvalue weighted by Gasteiger charge is 2.43. The summed E-state index contributed by atoms with van der Waals surface area (Å²) in [6, 6.07) is 0. The quantitative estimate of drug-likeness (QED) is 0.581. The molecule has 2 aromatic rings. The number of aromatic nitrogens is 2. The molecule has 0 radical (unpaired) electrons. The topological polar surface area (TPSA) is 68.4 Å². The number of alkyl halides is 3. The van der Waals surface area contributed by atoms with Crippen LogP contribution in [0, 0.1) is 6.92 Å². The van der Waals surface area contributed by atoms with Gasteiger partial charge in [-0.3, -0.25) is 13.9 Å². The van der Waals surface area contributed by atoms with Crippen LogP contribution in [0.15, 0.2) is 14.7 Å². The van der Waals surface area contributed by atoms with Gasteiger partial charge in [-0.05, 0) is 53.0 Å². The standard InChI is InChI=1S/C19H25F3N4O2S/c1-11-12(10-23-24-17(2,3)4)29-15-13(11)14(27)26(18(5)6-7-18)16(28)25(15)9-8-19(20,21)22/h10,24H,6-9H2,1-5H3. The van der Waals surface area contributed by atoms with Gasteiger partial charge in [0.2, 0.25) is 0 Å². The highest BCUT2D eigenvalue weighted by atomic mass is 32.1. The van der Waals surface area contributed by atoms with Gasteiger partial charge in [0.05, 0.1) is 28.4 Å². The van der Waals surface area contributed by atoms with Crippen molar-refractivity contribution in [1.82, 2.24) is 14.6 Å². The molecule has 3 rings (SSSR count). The number of hydrogen-bond donors (Lipinski definition) is 1. The fourth-order valence-electron chi connectivity index (χ4n) is 3.09. The lowest BCUT2D eigenvalue weighted by atomic mass is 10.1. The van der Waals surface area contributed by atoms with Crippen molar-refractivity contribution in [3.63, 3.8) is 0 Å². The van der Waals surface area contributed by atoms with Crippen molar-refractivity contribution >= 4 is 27.8 Å². The van der Waals surface area contributed by atoms with Crippen molar-refractivity contribution in [2.24, 2.45) is 5.10 Å². The first-order chi connectivity index (χ1) is 13.2. The fraction of sp³-hybridized carbons (Fsp3) is 0.632. The van der Waals surface area contributed by atoms with Gasteiger partial charge in [0.15, 0.2) is 0 Å². The first kappa shape index (κ1) is 21.6. The van der Waals surface area contributed by atoms with E-state index in [-0.39, 0.29) is 10.4 Å². The van der Waals surface area contributed by atoms with E-state index < -0.39 is 35.9 Å². The molecule has 0 bridgehead atoms. The van der Waals surface area contributed by atoms with Crippen LogP contribution in [0.1, 0.15) is 57.4 Å². The number of hydrazone groups is 1. The second-order valence-electron chi connectivity index (χ2n) is 8.83. The number of nitrogens with zero attached hydrogens (tertiary/aromatic N) is 3. The summed E-state index contributed by atoms with van der Waals surface area (Å²) >= 11 is 1.11. The third kappa shape index (κ3) is 4.41. The summed E-state index contributed by atoms with van der Waals surface area (Å²) in [6.45, 7) is 8.81. The maximum Gasteiger partial charge on any atom is 0.390 e. The number of thiophene rings is 1. The Kier molecular flexibility index (Phi) is 5.21. The van der Waals surface area contributed by atoms with Gasteiger partial charge in [0.25, 0.3) is 5.56 Å². The molecule has 2 aromatic heterocycles. The van der Waals surface area contributed by atoms with Gasteiger partial charge in [0.1, 0.15) is 4.83 Å². The minimum Gasteiger partial charge on any atom is -0.305 e. The monoisotopic (exact) mass is 430 g/mol. The van der Waals surface area contributed by atoms with Crippen LogP contribution in [-0.4, -0.2) is 27.1 Å². The summed E-state index contributed by atoms with van der Waals surface area (Å²) in [7, 11) is 0. The van der Waals surface area contributed by atoms with Gasteiger partial charge < -0.3 is 5.43 Å². The molecule has 1 N–H and O–H groups in total. The van der Waals surface area contributed by atoms with Crippen LogP contribution in [0.2, 0.25) is 0 Å². The third-order valence-corrected chi connectivity index (χ3v) is 6.21. The van der Waals surface area contributed by atoms with E-state index in [0.29, 0.717) is 28.7 Å². The lowest BCUT2D eigenvalue weighted by Crippen LogP contribution is -2.44. The molecule has 0 spiro atoms. The Morgan fingerprint density at radius 3 is 2.38 bits per heavy atom. The molecule has 0 aliphatic heterocycles. The van der Waals surface area contributed by atoms with Crippen molar-refractivity contribution in [3.8, 4) is 0 Å². The van der Waals surface area contributed by atoms with Gasteiger partial charge >= 0.3 is 11.9 Å². The lowest BCUT2D eigenvalue weighted by Gasteiger charge is -2.17. The average molecular weight is 430 g/mol. The zero-order valence-electron chi connectivity index (χ0n) is 17.1. The molecule has 1 fully saturated rings. The predicted octanol–water partition coefficient (Wildman–Crippen LogP) is 3.72. The second kappa shape index (κ2) is 7.00. The SMILES string of the molecule is Cc1c(C=NNC(C)(C)C)sc2c1c(=O)n(C1(C)CC1)c(=O)n2CCC(F)(F)F. The molecule has 160 valence electrons. The van der Waals surface area contributed by atoms with Crippen LogP contribution in [0.5, 0.6) is 0 Å². The van der Waals surface area contributed by atoms with E-state index >= 15 is 0 Å². The largest absolute Gasteiger partial charge is 0.390 e. The maximum absolute atomic E-state index is 13.1. The second-order valence-corrected chi connectivity index (χ2v) is 9.86.